The van der Waals surface area contributed by atoms with E-state index in [1.165, 1.54) is 0 Å². The Morgan fingerprint density at radius 2 is 1.82 bits per heavy atom. The summed E-state index contributed by atoms with van der Waals surface area (Å²) in [6, 6.07) is 12.3. The number of methoxy groups -OCH3 is 1. The van der Waals surface area contributed by atoms with Gasteiger partial charge in [0.05, 0.1) is 31.9 Å². The van der Waals surface area contributed by atoms with Crippen LogP contribution >= 0.6 is 0 Å². The minimum absolute atomic E-state index is 0.106. The number of amides is 1. The van der Waals surface area contributed by atoms with Gasteiger partial charge in [0.25, 0.3) is 11.7 Å². The summed E-state index contributed by atoms with van der Waals surface area (Å²) in [5.41, 5.74) is 3.14. The molecule has 34 heavy (non-hydrogen) atoms. The van der Waals surface area contributed by atoms with Gasteiger partial charge in [0.15, 0.2) is 0 Å². The molecule has 7 heteroatoms. The van der Waals surface area contributed by atoms with Gasteiger partial charge in [0.2, 0.25) is 0 Å². The van der Waals surface area contributed by atoms with Crippen LogP contribution in [0, 0.1) is 13.8 Å². The number of para-hydroxylation sites is 1. The van der Waals surface area contributed by atoms with Gasteiger partial charge in [-0.15, -0.1) is 0 Å². The number of ether oxygens (including phenoxy) is 2. The largest absolute Gasteiger partial charge is 0.507 e. The number of rotatable bonds is 7. The lowest BCUT2D eigenvalue weighted by Gasteiger charge is -2.29. The number of nitrogens with zero attached hydrogens (tertiary/aromatic N) is 2. The molecule has 2 aliphatic heterocycles. The standard InChI is InChI=1S/C27H32N2O5/c1-18-9-10-19(2)21(17-18)25(30)23-24(20-7-4-5-8-22(20)33-3)29(27(32)26(23)31)12-6-11-28-13-15-34-16-14-28/h4-5,7-10,17,24,30H,6,11-16H2,1-3H3/b25-23+. The molecule has 2 aromatic rings. The van der Waals surface area contributed by atoms with Crippen LogP contribution in [0.5, 0.6) is 5.75 Å². The van der Waals surface area contributed by atoms with Gasteiger partial charge in [-0.3, -0.25) is 14.5 Å². The van der Waals surface area contributed by atoms with Crippen molar-refractivity contribution >= 4 is 17.4 Å². The molecule has 2 heterocycles. The number of carbonyl (C=O) groups excluding carboxylic acids is 2. The smallest absolute Gasteiger partial charge is 0.295 e. The van der Waals surface area contributed by atoms with Gasteiger partial charge < -0.3 is 19.5 Å². The van der Waals surface area contributed by atoms with Crippen molar-refractivity contribution in [3.63, 3.8) is 0 Å². The second-order valence-electron chi connectivity index (χ2n) is 8.86. The van der Waals surface area contributed by atoms with Crippen LogP contribution in [0.25, 0.3) is 5.76 Å². The van der Waals surface area contributed by atoms with E-state index in [1.54, 1.807) is 18.1 Å². The highest BCUT2D eigenvalue weighted by molar-refractivity contribution is 6.46. The van der Waals surface area contributed by atoms with E-state index in [4.69, 9.17) is 9.47 Å². The summed E-state index contributed by atoms with van der Waals surface area (Å²) in [6.45, 7) is 8.16. The minimum Gasteiger partial charge on any atom is -0.507 e. The van der Waals surface area contributed by atoms with Gasteiger partial charge in [-0.25, -0.2) is 0 Å². The molecule has 0 bridgehead atoms. The molecule has 4 rings (SSSR count). The van der Waals surface area contributed by atoms with Gasteiger partial charge in [0.1, 0.15) is 11.5 Å². The van der Waals surface area contributed by atoms with Crippen molar-refractivity contribution in [2.24, 2.45) is 0 Å². The molecule has 2 saturated heterocycles. The van der Waals surface area contributed by atoms with Crippen LogP contribution in [0.1, 0.15) is 34.7 Å². The summed E-state index contributed by atoms with van der Waals surface area (Å²) in [4.78, 5) is 30.4. The summed E-state index contributed by atoms with van der Waals surface area (Å²) in [5, 5.41) is 11.4. The number of aliphatic hydroxyl groups excluding tert-OH is 1. The monoisotopic (exact) mass is 464 g/mol. The summed E-state index contributed by atoms with van der Waals surface area (Å²) in [5.74, 6) is -0.837. The zero-order chi connectivity index (χ0) is 24.2. The van der Waals surface area contributed by atoms with Gasteiger partial charge in [-0.1, -0.05) is 35.9 Å². The summed E-state index contributed by atoms with van der Waals surface area (Å²) < 4.78 is 11.0. The van der Waals surface area contributed by atoms with Gasteiger partial charge in [-0.05, 0) is 38.0 Å². The number of aliphatic hydroxyl groups is 1. The molecule has 1 atom stereocenters. The average molecular weight is 465 g/mol. The van der Waals surface area contributed by atoms with Crippen LogP contribution < -0.4 is 4.74 Å². The second kappa shape index (κ2) is 10.4. The first-order valence-corrected chi connectivity index (χ1v) is 11.7. The fourth-order valence-electron chi connectivity index (χ4n) is 4.75. The van der Waals surface area contributed by atoms with E-state index >= 15 is 0 Å². The third kappa shape index (κ3) is 4.72. The molecule has 2 aromatic carbocycles. The Morgan fingerprint density at radius 1 is 1.09 bits per heavy atom. The number of likely N-dealkylation sites (tertiary alicyclic amines) is 1. The number of aryl methyl sites for hydroxylation is 2. The molecule has 0 spiro atoms. The highest BCUT2D eigenvalue weighted by Gasteiger charge is 2.46. The average Bonchev–Trinajstić information content (AvgIpc) is 3.10. The maximum atomic E-state index is 13.3. The van der Waals surface area contributed by atoms with E-state index in [2.05, 4.69) is 4.90 Å². The van der Waals surface area contributed by atoms with Crippen LogP contribution in [0.2, 0.25) is 0 Å². The van der Waals surface area contributed by atoms with Crippen LogP contribution in [0.15, 0.2) is 48.0 Å². The molecule has 2 aliphatic rings. The molecular weight excluding hydrogens is 432 g/mol. The predicted molar refractivity (Wildman–Crippen MR) is 130 cm³/mol. The molecule has 2 fully saturated rings. The topological polar surface area (TPSA) is 79.3 Å². The lowest BCUT2D eigenvalue weighted by molar-refractivity contribution is -0.140. The van der Waals surface area contributed by atoms with Crippen LogP contribution in [0.3, 0.4) is 0 Å². The Labute approximate surface area is 200 Å². The molecule has 1 unspecified atom stereocenters. The Balaban J connectivity index is 1.74. The lowest BCUT2D eigenvalue weighted by atomic mass is 9.93. The molecule has 0 radical (unpaired) electrons. The number of hydrogen-bond donors (Lipinski definition) is 1. The Bertz CT molecular complexity index is 1100. The van der Waals surface area contributed by atoms with Crippen molar-refractivity contribution in [1.82, 2.24) is 9.80 Å². The first kappa shape index (κ1) is 24.0. The molecular formula is C27H32N2O5. The molecule has 0 aromatic heterocycles. The highest BCUT2D eigenvalue weighted by atomic mass is 16.5. The summed E-state index contributed by atoms with van der Waals surface area (Å²) in [7, 11) is 1.56. The van der Waals surface area contributed by atoms with E-state index in [-0.39, 0.29) is 11.3 Å². The van der Waals surface area contributed by atoms with Crippen molar-refractivity contribution < 1.29 is 24.2 Å². The molecule has 1 amide bonds. The van der Waals surface area contributed by atoms with Crippen molar-refractivity contribution in [1.29, 1.82) is 0 Å². The maximum Gasteiger partial charge on any atom is 0.295 e. The minimum atomic E-state index is -0.722. The van der Waals surface area contributed by atoms with Crippen molar-refractivity contribution in [2.45, 2.75) is 26.3 Å². The van der Waals surface area contributed by atoms with Gasteiger partial charge in [-0.2, -0.15) is 0 Å². The zero-order valence-electron chi connectivity index (χ0n) is 20.0. The fraction of sp³-hybridized carbons (Fsp3) is 0.407. The number of benzene rings is 2. The van der Waals surface area contributed by atoms with Gasteiger partial charge in [0, 0.05) is 37.3 Å². The Hall–Kier alpha value is -3.16. The SMILES string of the molecule is COc1ccccc1C1/C(=C(\O)c2cc(C)ccc2C)C(=O)C(=O)N1CCCN1CCOCC1. The number of carbonyl (C=O) groups is 2. The maximum absolute atomic E-state index is 13.3. The van der Waals surface area contributed by atoms with E-state index in [1.807, 2.05) is 50.2 Å². The first-order chi connectivity index (χ1) is 16.4. The van der Waals surface area contributed by atoms with Crippen LogP contribution in [-0.2, 0) is 14.3 Å². The van der Waals surface area contributed by atoms with E-state index in [9.17, 15) is 14.7 Å². The summed E-state index contributed by atoms with van der Waals surface area (Å²) in [6.07, 6.45) is 0.710. The number of ketones is 1. The number of hydrogen-bond acceptors (Lipinski definition) is 6. The molecule has 1 N–H and O–H groups in total. The molecule has 7 nitrogen and oxygen atoms in total. The highest BCUT2D eigenvalue weighted by Crippen LogP contribution is 2.43. The molecule has 0 saturated carbocycles. The molecule has 0 aliphatic carbocycles. The molecule has 180 valence electrons. The number of Topliss-reactive ketones (excluding diaryl/α,β-unsaturated/α-hetero) is 1. The van der Waals surface area contributed by atoms with Crippen LogP contribution in [0.4, 0.5) is 0 Å². The van der Waals surface area contributed by atoms with E-state index in [0.29, 0.717) is 43.1 Å². The fourth-order valence-corrected chi connectivity index (χ4v) is 4.75. The van der Waals surface area contributed by atoms with Gasteiger partial charge >= 0.3 is 0 Å². The Morgan fingerprint density at radius 3 is 2.56 bits per heavy atom. The van der Waals surface area contributed by atoms with Crippen LogP contribution in [-0.4, -0.2) is 73.1 Å². The third-order valence-corrected chi connectivity index (χ3v) is 6.60. The van der Waals surface area contributed by atoms with Crippen molar-refractivity contribution in [3.8, 4) is 5.75 Å². The third-order valence-electron chi connectivity index (χ3n) is 6.60. The summed E-state index contributed by atoms with van der Waals surface area (Å²) >= 11 is 0. The van der Waals surface area contributed by atoms with E-state index in [0.717, 1.165) is 30.8 Å². The second-order valence-corrected chi connectivity index (χ2v) is 8.86. The predicted octanol–water partition coefficient (Wildman–Crippen LogP) is 3.46. The van der Waals surface area contributed by atoms with Crippen molar-refractivity contribution in [3.05, 3.63) is 70.3 Å². The quantitative estimate of drug-likeness (QED) is 0.384. The van der Waals surface area contributed by atoms with E-state index < -0.39 is 17.7 Å². The first-order valence-electron chi connectivity index (χ1n) is 11.7. The van der Waals surface area contributed by atoms with Crippen molar-refractivity contribution in [2.75, 3.05) is 46.5 Å². The normalized spacial score (nSPS) is 20.7. The Kier molecular flexibility index (Phi) is 7.34. The zero-order valence-corrected chi connectivity index (χ0v) is 20.0. The number of morpholine rings is 1. The lowest BCUT2D eigenvalue weighted by Crippen LogP contribution is -2.39.